The number of hydrogen-bond acceptors (Lipinski definition) is 5. The summed E-state index contributed by atoms with van der Waals surface area (Å²) in [6.45, 7) is 0.327. The minimum atomic E-state index is -2.04. The minimum Gasteiger partial charge on any atom is -0.323 e. The molecular formula is C22H21N7O2S. The Labute approximate surface area is 186 Å². The summed E-state index contributed by atoms with van der Waals surface area (Å²) >= 11 is -2.04. The molecule has 0 fully saturated rings. The molecule has 9 nitrogen and oxygen atoms in total. The Bertz CT molecular complexity index is 1460. The van der Waals surface area contributed by atoms with Crippen molar-refractivity contribution in [3.8, 4) is 11.3 Å². The molecule has 0 radical (unpaired) electrons. The average molecular weight is 448 g/mol. The number of fused-ring (bicyclic) bond motifs is 2. The van der Waals surface area contributed by atoms with Gasteiger partial charge in [0.15, 0.2) is 0 Å². The van der Waals surface area contributed by atoms with Crippen molar-refractivity contribution in [1.29, 1.82) is 0 Å². The summed E-state index contributed by atoms with van der Waals surface area (Å²) in [7, 11) is 3.51. The van der Waals surface area contributed by atoms with Gasteiger partial charge in [-0.05, 0) is 35.9 Å². The van der Waals surface area contributed by atoms with Crippen molar-refractivity contribution in [1.82, 2.24) is 28.7 Å². The summed E-state index contributed by atoms with van der Waals surface area (Å²) in [5.41, 5.74) is 5.50. The highest BCUT2D eigenvalue weighted by Gasteiger charge is 2.14. The molecule has 5 aromatic rings. The fraction of sp³-hybridized carbons (Fsp3) is 0.136. The molecule has 32 heavy (non-hydrogen) atoms. The van der Waals surface area contributed by atoms with Gasteiger partial charge in [-0.15, -0.1) is 5.10 Å². The largest absolute Gasteiger partial charge is 0.323 e. The molecule has 1 unspecified atom stereocenters. The highest BCUT2D eigenvalue weighted by atomic mass is 32.2. The molecule has 0 aliphatic rings. The van der Waals surface area contributed by atoms with Crippen LogP contribution in [0.25, 0.3) is 27.7 Å². The van der Waals surface area contributed by atoms with Crippen LogP contribution in [0.5, 0.6) is 0 Å². The van der Waals surface area contributed by atoms with E-state index in [1.165, 1.54) is 4.31 Å². The minimum absolute atomic E-state index is 0.327. The van der Waals surface area contributed by atoms with E-state index in [1.807, 2.05) is 77.0 Å². The van der Waals surface area contributed by atoms with E-state index >= 15 is 0 Å². The van der Waals surface area contributed by atoms with Crippen LogP contribution in [0.4, 0.5) is 11.6 Å². The molecule has 3 aromatic heterocycles. The van der Waals surface area contributed by atoms with Crippen molar-refractivity contribution in [2.45, 2.75) is 6.54 Å². The number of hydrogen-bond donors (Lipinski definition) is 2. The van der Waals surface area contributed by atoms with E-state index < -0.39 is 11.3 Å². The molecule has 0 amide bonds. The maximum absolute atomic E-state index is 11.4. The lowest BCUT2D eigenvalue weighted by atomic mass is 10.0. The van der Waals surface area contributed by atoms with E-state index in [4.69, 9.17) is 5.10 Å². The van der Waals surface area contributed by atoms with Gasteiger partial charge in [-0.25, -0.2) is 13.7 Å². The van der Waals surface area contributed by atoms with Gasteiger partial charge >= 0.3 is 0 Å². The number of aryl methyl sites for hydroxylation is 1. The van der Waals surface area contributed by atoms with Crippen molar-refractivity contribution in [3.63, 3.8) is 0 Å². The standard InChI is InChI=1S/C22H21N7O2S/c1-27(32(30)31)14-15-5-3-4-6-19(15)21-10-8-18-13-23-22(26-29(18)21)25-17-7-9-20-16(11-17)12-24-28(20)2/h3-13H,14H2,1-2H3,(H,25,26)(H,30,31). The van der Waals surface area contributed by atoms with Crippen LogP contribution < -0.4 is 5.32 Å². The molecule has 0 spiro atoms. The predicted octanol–water partition coefficient (Wildman–Crippen LogP) is 3.60. The summed E-state index contributed by atoms with van der Waals surface area (Å²) < 4.78 is 25.8. The van der Waals surface area contributed by atoms with Crippen LogP contribution in [0, 0.1) is 0 Å². The van der Waals surface area contributed by atoms with Crippen molar-refractivity contribution < 1.29 is 8.76 Å². The lowest BCUT2D eigenvalue weighted by Gasteiger charge is -2.15. The number of aromatic nitrogens is 5. The first-order valence-corrected chi connectivity index (χ1v) is 11.0. The van der Waals surface area contributed by atoms with Gasteiger partial charge in [0.25, 0.3) is 0 Å². The maximum Gasteiger partial charge on any atom is 0.245 e. The number of nitrogens with one attached hydrogen (secondary N) is 1. The molecule has 0 saturated carbocycles. The van der Waals surface area contributed by atoms with Gasteiger partial charge in [0.1, 0.15) is 0 Å². The SMILES string of the molecule is CN(Cc1ccccc1-c1ccc2cnc(Nc3ccc4c(cnn4C)c3)nn12)S(=O)O. The highest BCUT2D eigenvalue weighted by Crippen LogP contribution is 2.27. The zero-order valence-electron chi connectivity index (χ0n) is 17.5. The topological polar surface area (TPSA) is 101 Å². The van der Waals surface area contributed by atoms with E-state index in [0.29, 0.717) is 12.5 Å². The normalized spacial score (nSPS) is 12.6. The van der Waals surface area contributed by atoms with Gasteiger partial charge in [-0.3, -0.25) is 9.23 Å². The number of benzene rings is 2. The summed E-state index contributed by atoms with van der Waals surface area (Å²) in [5.74, 6) is 0.462. The van der Waals surface area contributed by atoms with Crippen LogP contribution in [0.15, 0.2) is 67.0 Å². The van der Waals surface area contributed by atoms with Crippen LogP contribution in [0.1, 0.15) is 5.56 Å². The Morgan fingerprint density at radius 3 is 2.81 bits per heavy atom. The summed E-state index contributed by atoms with van der Waals surface area (Å²) in [6, 6.07) is 17.7. The Balaban J connectivity index is 1.51. The first-order chi connectivity index (χ1) is 15.5. The predicted molar refractivity (Wildman–Crippen MR) is 125 cm³/mol. The second-order valence-corrected chi connectivity index (χ2v) is 8.56. The zero-order valence-corrected chi connectivity index (χ0v) is 18.3. The van der Waals surface area contributed by atoms with Crippen molar-refractivity contribution >= 4 is 39.3 Å². The third kappa shape index (κ3) is 3.75. The van der Waals surface area contributed by atoms with Crippen molar-refractivity contribution in [3.05, 3.63) is 72.6 Å². The third-order valence-electron chi connectivity index (χ3n) is 5.35. The van der Waals surface area contributed by atoms with Gasteiger partial charge in [-0.2, -0.15) is 9.40 Å². The molecular weight excluding hydrogens is 426 g/mol. The lowest BCUT2D eigenvalue weighted by molar-refractivity contribution is 0.445. The first-order valence-electron chi connectivity index (χ1n) is 9.93. The summed E-state index contributed by atoms with van der Waals surface area (Å²) in [6.07, 6.45) is 3.58. The fourth-order valence-electron chi connectivity index (χ4n) is 3.74. The maximum atomic E-state index is 11.4. The number of anilines is 2. The van der Waals surface area contributed by atoms with Crippen molar-refractivity contribution in [2.75, 3.05) is 12.4 Å². The molecule has 0 aliphatic heterocycles. The highest BCUT2D eigenvalue weighted by molar-refractivity contribution is 7.76. The summed E-state index contributed by atoms with van der Waals surface area (Å²) in [4.78, 5) is 4.44. The van der Waals surface area contributed by atoms with E-state index in [2.05, 4.69) is 15.4 Å². The second kappa shape index (κ2) is 8.15. The quantitative estimate of drug-likeness (QED) is 0.386. The third-order valence-corrected chi connectivity index (χ3v) is 6.02. The molecule has 0 saturated heterocycles. The van der Waals surface area contributed by atoms with Gasteiger partial charge in [0.2, 0.25) is 17.2 Å². The van der Waals surface area contributed by atoms with Crippen LogP contribution in [0.2, 0.25) is 0 Å². The summed E-state index contributed by atoms with van der Waals surface area (Å²) in [5, 5.41) is 13.3. The molecule has 10 heteroatoms. The first kappa shape index (κ1) is 20.3. The fourth-order valence-corrected chi connectivity index (χ4v) is 3.99. The molecule has 2 N–H and O–H groups in total. The van der Waals surface area contributed by atoms with Gasteiger partial charge in [-0.1, -0.05) is 24.3 Å². The van der Waals surface area contributed by atoms with Gasteiger partial charge in [0, 0.05) is 37.3 Å². The van der Waals surface area contributed by atoms with Crippen LogP contribution in [0.3, 0.4) is 0 Å². The van der Waals surface area contributed by atoms with E-state index in [0.717, 1.165) is 38.9 Å². The molecule has 2 aromatic carbocycles. The van der Waals surface area contributed by atoms with E-state index in [-0.39, 0.29) is 0 Å². The lowest BCUT2D eigenvalue weighted by Crippen LogP contribution is -2.20. The Hall–Kier alpha value is -3.60. The molecule has 5 rings (SSSR count). The van der Waals surface area contributed by atoms with Crippen LogP contribution in [-0.4, -0.2) is 44.5 Å². The van der Waals surface area contributed by atoms with E-state index in [9.17, 15) is 8.76 Å². The van der Waals surface area contributed by atoms with Crippen molar-refractivity contribution in [2.24, 2.45) is 7.05 Å². The van der Waals surface area contributed by atoms with Crippen LogP contribution >= 0.6 is 0 Å². The monoisotopic (exact) mass is 447 g/mol. The Morgan fingerprint density at radius 2 is 1.97 bits per heavy atom. The second-order valence-electron chi connectivity index (χ2n) is 7.48. The average Bonchev–Trinajstić information content (AvgIpc) is 3.37. The number of rotatable bonds is 6. The zero-order chi connectivity index (χ0) is 22.2. The van der Waals surface area contributed by atoms with Gasteiger partial charge in [0.05, 0.1) is 29.1 Å². The van der Waals surface area contributed by atoms with Gasteiger partial charge < -0.3 is 5.32 Å². The molecule has 0 bridgehead atoms. The molecule has 3 heterocycles. The number of nitrogens with zero attached hydrogens (tertiary/aromatic N) is 6. The smallest absolute Gasteiger partial charge is 0.245 e. The Kier molecular flexibility index (Phi) is 5.17. The van der Waals surface area contributed by atoms with E-state index in [1.54, 1.807) is 13.2 Å². The molecule has 162 valence electrons. The molecule has 0 aliphatic carbocycles. The Morgan fingerprint density at radius 1 is 1.12 bits per heavy atom. The van der Waals surface area contributed by atoms with Crippen LogP contribution in [-0.2, 0) is 24.9 Å². The molecule has 1 atom stereocenters.